The number of nitrogens with one attached hydrogen (secondary N) is 1. The van der Waals surface area contributed by atoms with Crippen molar-refractivity contribution in [2.24, 2.45) is 0 Å². The molecule has 1 aliphatic rings. The lowest BCUT2D eigenvalue weighted by molar-refractivity contribution is 0.425. The summed E-state index contributed by atoms with van der Waals surface area (Å²) >= 11 is 0. The summed E-state index contributed by atoms with van der Waals surface area (Å²) in [6.45, 7) is 3.65. The minimum Gasteiger partial charge on any atom is -0.383 e. The van der Waals surface area contributed by atoms with Crippen LogP contribution in [0.4, 0.5) is 16.0 Å². The Hall–Kier alpha value is -3.89. The molecule has 1 saturated carbocycles. The summed E-state index contributed by atoms with van der Waals surface area (Å²) in [6, 6.07) is 4.06. The number of fused-ring (bicyclic) bond motifs is 1. The number of halogens is 1. The number of rotatable bonds is 6. The fraction of sp³-hybridized carbons (Fsp3) is 0.333. The van der Waals surface area contributed by atoms with E-state index in [-0.39, 0.29) is 28.7 Å². The first-order chi connectivity index (χ1) is 15.5. The summed E-state index contributed by atoms with van der Waals surface area (Å²) in [5.74, 6) is 1.13. The number of nitrogens with zero attached hydrogens (tertiary/aromatic N) is 6. The van der Waals surface area contributed by atoms with Crippen LogP contribution in [-0.4, -0.2) is 29.7 Å². The Morgan fingerprint density at radius 1 is 1.31 bits per heavy atom. The highest BCUT2D eigenvalue weighted by molar-refractivity contribution is 5.80. The van der Waals surface area contributed by atoms with Gasteiger partial charge in [-0.2, -0.15) is 4.98 Å². The maximum atomic E-state index is 14.4. The number of hydrogen-bond acceptors (Lipinski definition) is 9. The van der Waals surface area contributed by atoms with E-state index in [4.69, 9.17) is 10.3 Å². The van der Waals surface area contributed by atoms with Crippen molar-refractivity contribution in [1.29, 1.82) is 0 Å². The zero-order chi connectivity index (χ0) is 22.4. The van der Waals surface area contributed by atoms with Gasteiger partial charge in [-0.1, -0.05) is 18.1 Å². The number of nitrogen functional groups attached to an aromatic ring is 1. The van der Waals surface area contributed by atoms with Gasteiger partial charge in [-0.15, -0.1) is 0 Å². The molecule has 1 atom stereocenters. The largest absolute Gasteiger partial charge is 0.383 e. The zero-order valence-electron chi connectivity index (χ0n) is 17.5. The lowest BCUT2D eigenvalue weighted by Crippen LogP contribution is -2.29. The predicted octanol–water partition coefficient (Wildman–Crippen LogP) is 3.16. The van der Waals surface area contributed by atoms with E-state index in [0.29, 0.717) is 35.0 Å². The Labute approximate surface area is 181 Å². The lowest BCUT2D eigenvalue weighted by Gasteiger charge is -2.23. The van der Waals surface area contributed by atoms with Crippen LogP contribution < -0.4 is 16.6 Å². The molecule has 164 valence electrons. The molecule has 0 amide bonds. The maximum absolute atomic E-state index is 14.4. The molecule has 5 rings (SSSR count). The molecule has 4 aromatic rings. The quantitative estimate of drug-likeness (QED) is 0.467. The molecule has 3 heterocycles. The molecule has 10 nitrogen and oxygen atoms in total. The SMILES string of the molecule is CCC(Nc1ncnc(N)c1-c1nc(C)no1)c1nc2cccc(F)c2c(=O)n1C1CC1. The molecule has 0 radical (unpaired) electrons. The molecule has 1 unspecified atom stereocenters. The topological polar surface area (TPSA) is 138 Å². The number of anilines is 2. The number of hydrogen-bond donors (Lipinski definition) is 2. The second-order valence-corrected chi connectivity index (χ2v) is 7.74. The molecule has 1 aliphatic carbocycles. The summed E-state index contributed by atoms with van der Waals surface area (Å²) in [5, 5.41) is 7.14. The van der Waals surface area contributed by atoms with Crippen LogP contribution in [0.3, 0.4) is 0 Å². The van der Waals surface area contributed by atoms with Gasteiger partial charge in [-0.3, -0.25) is 9.36 Å². The van der Waals surface area contributed by atoms with Gasteiger partial charge >= 0.3 is 0 Å². The summed E-state index contributed by atoms with van der Waals surface area (Å²) in [5.41, 5.74) is 6.41. The summed E-state index contributed by atoms with van der Waals surface area (Å²) in [7, 11) is 0. The average Bonchev–Trinajstić information content (AvgIpc) is 3.51. The van der Waals surface area contributed by atoms with Crippen molar-refractivity contribution >= 4 is 22.5 Å². The molecule has 1 fully saturated rings. The molecule has 0 spiro atoms. The van der Waals surface area contributed by atoms with Crippen molar-refractivity contribution < 1.29 is 8.91 Å². The minimum absolute atomic E-state index is 0.00150. The van der Waals surface area contributed by atoms with E-state index >= 15 is 0 Å². The first-order valence-corrected chi connectivity index (χ1v) is 10.4. The molecule has 0 bridgehead atoms. The van der Waals surface area contributed by atoms with Crippen molar-refractivity contribution in [3.05, 3.63) is 52.3 Å². The van der Waals surface area contributed by atoms with E-state index in [9.17, 15) is 9.18 Å². The van der Waals surface area contributed by atoms with Gasteiger partial charge in [0, 0.05) is 6.04 Å². The highest BCUT2D eigenvalue weighted by Gasteiger charge is 2.32. The Morgan fingerprint density at radius 2 is 2.12 bits per heavy atom. The van der Waals surface area contributed by atoms with Gasteiger partial charge in [0.1, 0.15) is 40.6 Å². The Balaban J connectivity index is 1.64. The average molecular weight is 436 g/mol. The number of aromatic nitrogens is 6. The van der Waals surface area contributed by atoms with Gasteiger partial charge in [-0.25, -0.2) is 19.3 Å². The smallest absolute Gasteiger partial charge is 0.265 e. The van der Waals surface area contributed by atoms with Crippen molar-refractivity contribution in [2.75, 3.05) is 11.1 Å². The first-order valence-electron chi connectivity index (χ1n) is 10.4. The molecule has 32 heavy (non-hydrogen) atoms. The van der Waals surface area contributed by atoms with E-state index in [1.807, 2.05) is 6.92 Å². The Kier molecular flexibility index (Phi) is 4.80. The van der Waals surface area contributed by atoms with E-state index in [0.717, 1.165) is 12.8 Å². The van der Waals surface area contributed by atoms with Gasteiger partial charge in [-0.05, 0) is 38.3 Å². The second-order valence-electron chi connectivity index (χ2n) is 7.74. The zero-order valence-corrected chi connectivity index (χ0v) is 17.5. The Bertz CT molecular complexity index is 1380. The van der Waals surface area contributed by atoms with Crippen LogP contribution in [0.25, 0.3) is 22.4 Å². The molecule has 1 aromatic carbocycles. The van der Waals surface area contributed by atoms with Crippen molar-refractivity contribution in [3.63, 3.8) is 0 Å². The third-order valence-corrected chi connectivity index (χ3v) is 5.47. The standard InChI is InChI=1S/C21H21FN8O2/c1-3-13(27-18-16(17(23)24-9-25-18)20-26-10(2)29-32-20)19-28-14-6-4-5-12(22)15(14)21(31)30(19)11-7-8-11/h4-6,9,11,13H,3,7-8H2,1-2H3,(H3,23,24,25,27). The third-order valence-electron chi connectivity index (χ3n) is 5.47. The van der Waals surface area contributed by atoms with Crippen LogP contribution in [0, 0.1) is 12.7 Å². The number of nitrogens with two attached hydrogens (primary N) is 1. The van der Waals surface area contributed by atoms with Gasteiger partial charge in [0.15, 0.2) is 5.82 Å². The highest BCUT2D eigenvalue weighted by Crippen LogP contribution is 2.38. The predicted molar refractivity (Wildman–Crippen MR) is 115 cm³/mol. The maximum Gasteiger partial charge on any atom is 0.265 e. The van der Waals surface area contributed by atoms with E-state index in [1.165, 1.54) is 12.4 Å². The fourth-order valence-corrected chi connectivity index (χ4v) is 3.78. The van der Waals surface area contributed by atoms with Crippen LogP contribution in [0.1, 0.15) is 49.9 Å². The second kappa shape index (κ2) is 7.66. The van der Waals surface area contributed by atoms with Crippen molar-refractivity contribution in [3.8, 4) is 11.5 Å². The van der Waals surface area contributed by atoms with E-state index < -0.39 is 11.9 Å². The molecule has 3 N–H and O–H groups in total. The normalized spacial score (nSPS) is 14.6. The highest BCUT2D eigenvalue weighted by atomic mass is 19.1. The first kappa shape index (κ1) is 20.0. The number of benzene rings is 1. The van der Waals surface area contributed by atoms with Crippen LogP contribution in [-0.2, 0) is 0 Å². The molecule has 0 aliphatic heterocycles. The third kappa shape index (κ3) is 3.35. The molecule has 3 aromatic heterocycles. The van der Waals surface area contributed by atoms with Crippen LogP contribution >= 0.6 is 0 Å². The van der Waals surface area contributed by atoms with E-state index in [2.05, 4.69) is 30.4 Å². The minimum atomic E-state index is -0.570. The van der Waals surface area contributed by atoms with Crippen LogP contribution in [0.5, 0.6) is 0 Å². The molecule has 11 heteroatoms. The summed E-state index contributed by atoms with van der Waals surface area (Å²) < 4.78 is 21.3. The summed E-state index contributed by atoms with van der Waals surface area (Å²) in [6.07, 6.45) is 3.59. The Morgan fingerprint density at radius 3 is 2.81 bits per heavy atom. The van der Waals surface area contributed by atoms with Crippen LogP contribution in [0.15, 0.2) is 33.8 Å². The fourth-order valence-electron chi connectivity index (χ4n) is 3.78. The monoisotopic (exact) mass is 436 g/mol. The van der Waals surface area contributed by atoms with E-state index in [1.54, 1.807) is 23.6 Å². The van der Waals surface area contributed by atoms with Gasteiger partial charge in [0.05, 0.1) is 11.6 Å². The van der Waals surface area contributed by atoms with Crippen LogP contribution in [0.2, 0.25) is 0 Å². The van der Waals surface area contributed by atoms with Crippen molar-refractivity contribution in [2.45, 2.75) is 45.2 Å². The molecular formula is C21H21FN8O2. The summed E-state index contributed by atoms with van der Waals surface area (Å²) in [4.78, 5) is 30.5. The number of aryl methyl sites for hydroxylation is 1. The van der Waals surface area contributed by atoms with Gasteiger partial charge < -0.3 is 15.6 Å². The molecular weight excluding hydrogens is 415 g/mol. The van der Waals surface area contributed by atoms with Crippen molar-refractivity contribution in [1.82, 2.24) is 29.7 Å². The molecule has 0 saturated heterocycles. The van der Waals surface area contributed by atoms with Gasteiger partial charge in [0.2, 0.25) is 0 Å². The lowest BCUT2D eigenvalue weighted by atomic mass is 10.1. The van der Waals surface area contributed by atoms with Gasteiger partial charge in [0.25, 0.3) is 11.4 Å².